The summed E-state index contributed by atoms with van der Waals surface area (Å²) in [5.41, 5.74) is 6.36. The number of nitrogens with zero attached hydrogens (tertiary/aromatic N) is 3. The maximum atomic E-state index is 5.50. The Morgan fingerprint density at radius 1 is 1.40 bits per heavy atom. The summed E-state index contributed by atoms with van der Waals surface area (Å²) in [7, 11) is 0. The van der Waals surface area contributed by atoms with Crippen molar-refractivity contribution < 1.29 is 4.52 Å². The maximum Gasteiger partial charge on any atom is 0.156 e. The summed E-state index contributed by atoms with van der Waals surface area (Å²) >= 11 is 0. The van der Waals surface area contributed by atoms with Crippen molar-refractivity contribution in [3.05, 3.63) is 29.9 Å². The average Bonchev–Trinajstić information content (AvgIpc) is 2.62. The second kappa shape index (κ2) is 3.95. The molecule has 0 unspecified atom stereocenters. The zero-order valence-electron chi connectivity index (χ0n) is 8.27. The molecule has 0 bridgehead atoms. The minimum absolute atomic E-state index is 0.432. The van der Waals surface area contributed by atoms with Gasteiger partial charge < -0.3 is 15.6 Å². The van der Waals surface area contributed by atoms with Gasteiger partial charge in [0.2, 0.25) is 0 Å². The molecule has 0 saturated heterocycles. The summed E-state index contributed by atoms with van der Waals surface area (Å²) in [6.45, 7) is 2.40. The lowest BCUT2D eigenvalue weighted by atomic mass is 10.4. The number of rotatable bonds is 3. The Kier molecular flexibility index (Phi) is 2.49. The van der Waals surface area contributed by atoms with E-state index in [1.54, 1.807) is 6.07 Å². The van der Waals surface area contributed by atoms with Crippen LogP contribution < -0.4 is 11.1 Å². The smallest absolute Gasteiger partial charge is 0.156 e. The summed E-state index contributed by atoms with van der Waals surface area (Å²) < 4.78 is 5.03. The van der Waals surface area contributed by atoms with E-state index in [-0.39, 0.29) is 0 Å². The number of hydrogen-bond donors (Lipinski definition) is 2. The Morgan fingerprint density at radius 3 is 2.93 bits per heavy atom. The molecule has 0 aromatic carbocycles. The van der Waals surface area contributed by atoms with Crippen LogP contribution in [0.2, 0.25) is 0 Å². The van der Waals surface area contributed by atoms with Gasteiger partial charge in [0.25, 0.3) is 0 Å². The molecule has 0 atom stereocenters. The zero-order chi connectivity index (χ0) is 10.7. The van der Waals surface area contributed by atoms with Gasteiger partial charge in [-0.05, 0) is 6.92 Å². The molecule has 6 heteroatoms. The molecule has 2 rings (SSSR count). The lowest BCUT2D eigenvalue weighted by molar-refractivity contribution is 0.384. The van der Waals surface area contributed by atoms with Gasteiger partial charge in [-0.1, -0.05) is 5.16 Å². The minimum atomic E-state index is 0.432. The monoisotopic (exact) mass is 205 g/mol. The summed E-state index contributed by atoms with van der Waals surface area (Å²) in [6, 6.07) is 3.51. The first-order chi connectivity index (χ1) is 7.24. The van der Waals surface area contributed by atoms with Gasteiger partial charge in [-0.2, -0.15) is 0 Å². The van der Waals surface area contributed by atoms with E-state index < -0.39 is 0 Å². The van der Waals surface area contributed by atoms with Crippen molar-refractivity contribution in [1.82, 2.24) is 15.1 Å². The topological polar surface area (TPSA) is 89.9 Å². The maximum absolute atomic E-state index is 5.50. The van der Waals surface area contributed by atoms with E-state index >= 15 is 0 Å². The van der Waals surface area contributed by atoms with Gasteiger partial charge in [0.15, 0.2) is 5.76 Å². The van der Waals surface area contributed by atoms with Crippen LogP contribution in [-0.2, 0) is 6.54 Å². The van der Waals surface area contributed by atoms with Crippen LogP contribution in [0.4, 0.5) is 11.6 Å². The predicted molar refractivity (Wildman–Crippen MR) is 55.0 cm³/mol. The van der Waals surface area contributed by atoms with E-state index in [0.29, 0.717) is 18.2 Å². The molecule has 2 aromatic rings. The molecule has 78 valence electrons. The number of aryl methyl sites for hydroxylation is 1. The molecule has 3 N–H and O–H groups in total. The van der Waals surface area contributed by atoms with E-state index in [4.69, 9.17) is 10.3 Å². The van der Waals surface area contributed by atoms with Gasteiger partial charge in [-0.3, -0.25) is 0 Å². The van der Waals surface area contributed by atoms with Crippen molar-refractivity contribution in [3.8, 4) is 0 Å². The summed E-state index contributed by atoms with van der Waals surface area (Å²) in [5, 5.41) is 6.82. The average molecular weight is 205 g/mol. The van der Waals surface area contributed by atoms with Gasteiger partial charge in [0.1, 0.15) is 18.0 Å². The van der Waals surface area contributed by atoms with E-state index in [1.807, 2.05) is 13.0 Å². The number of anilines is 2. The highest BCUT2D eigenvalue weighted by molar-refractivity contribution is 5.43. The molecule has 0 aliphatic carbocycles. The fraction of sp³-hybridized carbons (Fsp3) is 0.222. The summed E-state index contributed by atoms with van der Waals surface area (Å²) in [6.07, 6.45) is 1.41. The zero-order valence-corrected chi connectivity index (χ0v) is 8.27. The SMILES string of the molecule is Cc1cc(CNc2cc(N)ncn2)on1. The van der Waals surface area contributed by atoms with Crippen molar-refractivity contribution in [1.29, 1.82) is 0 Å². The second-order valence-corrected chi connectivity index (χ2v) is 3.12. The normalized spacial score (nSPS) is 10.2. The third-order valence-corrected chi connectivity index (χ3v) is 1.81. The molecule has 0 saturated carbocycles. The van der Waals surface area contributed by atoms with E-state index in [2.05, 4.69) is 20.4 Å². The lowest BCUT2D eigenvalue weighted by Crippen LogP contribution is -2.02. The predicted octanol–water partition coefficient (Wildman–Crippen LogP) is 0.967. The van der Waals surface area contributed by atoms with Crippen molar-refractivity contribution >= 4 is 11.6 Å². The summed E-state index contributed by atoms with van der Waals surface area (Å²) in [5.74, 6) is 1.85. The van der Waals surface area contributed by atoms with Crippen molar-refractivity contribution in [2.45, 2.75) is 13.5 Å². The van der Waals surface area contributed by atoms with Crippen LogP contribution in [0.15, 0.2) is 23.0 Å². The number of nitrogen functional groups attached to an aromatic ring is 1. The van der Waals surface area contributed by atoms with E-state index in [1.165, 1.54) is 6.33 Å². The minimum Gasteiger partial charge on any atom is -0.384 e. The molecule has 0 radical (unpaired) electrons. The van der Waals surface area contributed by atoms with Crippen LogP contribution in [-0.4, -0.2) is 15.1 Å². The third-order valence-electron chi connectivity index (χ3n) is 1.81. The number of nitrogens with one attached hydrogen (secondary N) is 1. The molecule has 0 aliphatic rings. The van der Waals surface area contributed by atoms with Crippen LogP contribution in [0, 0.1) is 6.92 Å². The Morgan fingerprint density at radius 2 is 2.27 bits per heavy atom. The van der Waals surface area contributed by atoms with E-state index in [9.17, 15) is 0 Å². The molecule has 0 aliphatic heterocycles. The van der Waals surface area contributed by atoms with Crippen molar-refractivity contribution in [3.63, 3.8) is 0 Å². The van der Waals surface area contributed by atoms with E-state index in [0.717, 1.165) is 11.5 Å². The second-order valence-electron chi connectivity index (χ2n) is 3.12. The fourth-order valence-corrected chi connectivity index (χ4v) is 1.15. The van der Waals surface area contributed by atoms with Crippen LogP contribution >= 0.6 is 0 Å². The lowest BCUT2D eigenvalue weighted by Gasteiger charge is -2.02. The quantitative estimate of drug-likeness (QED) is 0.775. The van der Waals surface area contributed by atoms with Gasteiger partial charge in [0.05, 0.1) is 12.2 Å². The molecule has 2 aromatic heterocycles. The van der Waals surface area contributed by atoms with Crippen molar-refractivity contribution in [2.24, 2.45) is 0 Å². The molecule has 2 heterocycles. The van der Waals surface area contributed by atoms with Crippen LogP contribution in [0.5, 0.6) is 0 Å². The standard InChI is InChI=1S/C9H11N5O/c1-6-2-7(15-14-6)4-11-9-3-8(10)12-5-13-9/h2-3,5H,4H2,1H3,(H3,10,11,12,13). The first-order valence-corrected chi connectivity index (χ1v) is 4.47. The fourth-order valence-electron chi connectivity index (χ4n) is 1.15. The Balaban J connectivity index is 1.99. The highest BCUT2D eigenvalue weighted by Gasteiger charge is 2.01. The molecule has 6 nitrogen and oxygen atoms in total. The number of nitrogens with two attached hydrogens (primary N) is 1. The Hall–Kier alpha value is -2.11. The summed E-state index contributed by atoms with van der Waals surface area (Å²) in [4.78, 5) is 7.79. The van der Waals surface area contributed by atoms with Crippen molar-refractivity contribution in [2.75, 3.05) is 11.1 Å². The first kappa shape index (κ1) is 9.45. The molecule has 0 amide bonds. The molecule has 0 fully saturated rings. The number of aromatic nitrogens is 3. The Bertz CT molecular complexity index is 453. The Labute approximate surface area is 86.5 Å². The first-order valence-electron chi connectivity index (χ1n) is 4.47. The van der Waals surface area contributed by atoms with Gasteiger partial charge in [-0.15, -0.1) is 0 Å². The molecular formula is C9H11N5O. The number of hydrogen-bond acceptors (Lipinski definition) is 6. The van der Waals surface area contributed by atoms with Crippen LogP contribution in [0.1, 0.15) is 11.5 Å². The molecule has 15 heavy (non-hydrogen) atoms. The van der Waals surface area contributed by atoms with Gasteiger partial charge in [-0.25, -0.2) is 9.97 Å². The van der Waals surface area contributed by atoms with Crippen LogP contribution in [0.3, 0.4) is 0 Å². The highest BCUT2D eigenvalue weighted by atomic mass is 16.5. The van der Waals surface area contributed by atoms with Gasteiger partial charge in [0, 0.05) is 12.1 Å². The highest BCUT2D eigenvalue weighted by Crippen LogP contribution is 2.08. The van der Waals surface area contributed by atoms with Crippen LogP contribution in [0.25, 0.3) is 0 Å². The van der Waals surface area contributed by atoms with Gasteiger partial charge >= 0.3 is 0 Å². The molecule has 0 spiro atoms. The largest absolute Gasteiger partial charge is 0.384 e. The third kappa shape index (κ3) is 2.43. The molecular weight excluding hydrogens is 194 g/mol.